The Morgan fingerprint density at radius 1 is 1.00 bits per heavy atom. The molecular weight excluding hydrogens is 580 g/mol. The molecule has 0 aliphatic carbocycles. The van der Waals surface area contributed by atoms with Gasteiger partial charge < -0.3 is 9.32 Å². The molecule has 3 aromatic carbocycles. The molecule has 204 valence electrons. The van der Waals surface area contributed by atoms with Crippen molar-refractivity contribution in [2.24, 2.45) is 0 Å². The van der Waals surface area contributed by atoms with Crippen LogP contribution in [0, 0.1) is 13.8 Å². The van der Waals surface area contributed by atoms with Gasteiger partial charge in [0.15, 0.2) is 15.3 Å². The Hall–Kier alpha value is -3.99. The molecule has 1 spiro atoms. The fourth-order valence-electron chi connectivity index (χ4n) is 5.63. The summed E-state index contributed by atoms with van der Waals surface area (Å²) in [5.74, 6) is -0.677. The van der Waals surface area contributed by atoms with Gasteiger partial charge in [-0.15, -0.1) is 10.2 Å². The lowest BCUT2D eigenvalue weighted by atomic mass is 9.84. The number of nitrogens with zero attached hydrogens (tertiary/aromatic N) is 4. The van der Waals surface area contributed by atoms with E-state index in [2.05, 4.69) is 10.2 Å². The van der Waals surface area contributed by atoms with Crippen molar-refractivity contribution in [3.05, 3.63) is 109 Å². The Balaban J connectivity index is 1.44. The van der Waals surface area contributed by atoms with Gasteiger partial charge in [-0.05, 0) is 54.8 Å². The van der Waals surface area contributed by atoms with Crippen molar-refractivity contribution < 1.29 is 14.0 Å². The summed E-state index contributed by atoms with van der Waals surface area (Å²) in [7, 11) is 1.64. The van der Waals surface area contributed by atoms with Gasteiger partial charge in [-0.25, -0.2) is 0 Å². The first-order valence-electron chi connectivity index (χ1n) is 12.7. The van der Waals surface area contributed by atoms with E-state index in [1.54, 1.807) is 37.4 Å². The molecule has 41 heavy (non-hydrogen) atoms. The topological polar surface area (TPSA) is 96.6 Å². The molecule has 0 N–H and O–H groups in total. The zero-order valence-corrected chi connectivity index (χ0v) is 24.5. The van der Waals surface area contributed by atoms with Crippen LogP contribution in [-0.2, 0) is 16.1 Å². The smallest absolute Gasteiger partial charge is 0.297 e. The van der Waals surface area contributed by atoms with Crippen LogP contribution in [0.4, 0.5) is 10.8 Å². The molecule has 0 bridgehead atoms. The van der Waals surface area contributed by atoms with Gasteiger partial charge in [0.1, 0.15) is 5.58 Å². The largest absolute Gasteiger partial charge is 0.450 e. The Labute approximate surface area is 247 Å². The molecule has 0 saturated heterocycles. The van der Waals surface area contributed by atoms with Gasteiger partial charge in [-0.2, -0.15) is 0 Å². The SMILES string of the molecule is Cc1cc2oc3c(c(=O)c2cc1C)C1(C(=O)N(C)c2ccccc21)N(c1nnc(SCc2ccccc2Cl)s1)C3=O. The van der Waals surface area contributed by atoms with Gasteiger partial charge in [-0.3, -0.25) is 19.3 Å². The minimum atomic E-state index is -1.78. The highest BCUT2D eigenvalue weighted by Crippen LogP contribution is 2.54. The summed E-state index contributed by atoms with van der Waals surface area (Å²) in [5.41, 5.74) is 1.96. The van der Waals surface area contributed by atoms with Crippen molar-refractivity contribution in [2.75, 3.05) is 16.8 Å². The van der Waals surface area contributed by atoms with Crippen LogP contribution in [0.2, 0.25) is 5.02 Å². The third kappa shape index (κ3) is 3.57. The number of benzene rings is 3. The standard InChI is InChI=1S/C30H21ClN4O4S2/c1-15-12-18-22(13-16(15)2)39-25-23(24(18)36)30(19-9-5-7-11-21(19)34(3)27(30)38)35(26(25)37)28-32-33-29(41-28)40-14-17-8-4-6-10-20(17)31/h4-13H,14H2,1-3H3. The first-order chi connectivity index (χ1) is 19.7. The maximum absolute atomic E-state index is 14.3. The van der Waals surface area contributed by atoms with Gasteiger partial charge in [0.2, 0.25) is 10.9 Å². The van der Waals surface area contributed by atoms with Crippen molar-refractivity contribution in [3.8, 4) is 0 Å². The van der Waals surface area contributed by atoms with Gasteiger partial charge in [0.05, 0.1) is 10.9 Å². The van der Waals surface area contributed by atoms with E-state index in [-0.39, 0.29) is 16.5 Å². The molecule has 1 unspecified atom stereocenters. The number of amides is 2. The number of thioether (sulfide) groups is 1. The third-order valence-electron chi connectivity index (χ3n) is 7.77. The van der Waals surface area contributed by atoms with Crippen LogP contribution >= 0.6 is 34.7 Å². The molecule has 2 aromatic heterocycles. The average molecular weight is 601 g/mol. The van der Waals surface area contributed by atoms with E-state index >= 15 is 0 Å². The molecule has 0 fully saturated rings. The van der Waals surface area contributed by atoms with Gasteiger partial charge in [0.25, 0.3) is 11.8 Å². The number of aromatic nitrogens is 2. The number of rotatable bonds is 4. The Morgan fingerprint density at radius 3 is 2.54 bits per heavy atom. The fourth-order valence-corrected chi connectivity index (χ4v) is 7.81. The Morgan fingerprint density at radius 2 is 1.73 bits per heavy atom. The van der Waals surface area contributed by atoms with E-state index in [4.69, 9.17) is 16.0 Å². The van der Waals surface area contributed by atoms with Crippen molar-refractivity contribution in [1.82, 2.24) is 10.2 Å². The van der Waals surface area contributed by atoms with E-state index < -0.39 is 22.8 Å². The van der Waals surface area contributed by atoms with E-state index in [0.717, 1.165) is 16.7 Å². The molecule has 11 heteroatoms. The van der Waals surface area contributed by atoms with Crippen LogP contribution in [0.3, 0.4) is 0 Å². The van der Waals surface area contributed by atoms with E-state index in [0.29, 0.717) is 37.3 Å². The fraction of sp³-hybridized carbons (Fsp3) is 0.167. The van der Waals surface area contributed by atoms with E-state index in [1.807, 2.05) is 44.2 Å². The summed E-state index contributed by atoms with van der Waals surface area (Å²) in [6.07, 6.45) is 0. The Bertz CT molecular complexity index is 2000. The molecule has 4 heterocycles. The molecule has 2 aliphatic rings. The molecule has 0 radical (unpaired) electrons. The first-order valence-corrected chi connectivity index (χ1v) is 14.9. The lowest BCUT2D eigenvalue weighted by molar-refractivity contribution is -0.121. The molecular formula is C30H21ClN4O4S2. The van der Waals surface area contributed by atoms with E-state index in [9.17, 15) is 14.4 Å². The van der Waals surface area contributed by atoms with Crippen molar-refractivity contribution in [1.29, 1.82) is 0 Å². The number of halogens is 1. The first kappa shape index (κ1) is 25.9. The second-order valence-electron chi connectivity index (χ2n) is 10.0. The minimum Gasteiger partial charge on any atom is -0.450 e. The monoisotopic (exact) mass is 600 g/mol. The number of fused-ring (bicyclic) bond motifs is 5. The number of para-hydroxylation sites is 1. The van der Waals surface area contributed by atoms with Crippen LogP contribution in [0.1, 0.15) is 38.4 Å². The minimum absolute atomic E-state index is 0.000485. The number of carbonyl (C=O) groups is 2. The molecule has 7 rings (SSSR count). The molecule has 0 saturated carbocycles. The van der Waals surface area contributed by atoms with E-state index in [1.165, 1.54) is 32.9 Å². The molecule has 5 aromatic rings. The predicted molar refractivity (Wildman–Crippen MR) is 160 cm³/mol. The van der Waals surface area contributed by atoms with Crippen molar-refractivity contribution in [2.45, 2.75) is 29.5 Å². The number of hydrogen-bond donors (Lipinski definition) is 0. The van der Waals surface area contributed by atoms with Gasteiger partial charge in [0, 0.05) is 29.1 Å². The molecule has 2 amide bonds. The summed E-state index contributed by atoms with van der Waals surface area (Å²) in [4.78, 5) is 45.6. The summed E-state index contributed by atoms with van der Waals surface area (Å²) in [6, 6.07) is 18.2. The normalized spacial score (nSPS) is 17.7. The van der Waals surface area contributed by atoms with Crippen LogP contribution in [0.5, 0.6) is 0 Å². The van der Waals surface area contributed by atoms with Gasteiger partial charge >= 0.3 is 0 Å². The van der Waals surface area contributed by atoms with Crippen LogP contribution in [-0.4, -0.2) is 29.1 Å². The zero-order chi connectivity index (χ0) is 28.6. The lowest BCUT2D eigenvalue weighted by Gasteiger charge is -2.31. The number of hydrogen-bond acceptors (Lipinski definition) is 8. The van der Waals surface area contributed by atoms with Crippen LogP contribution < -0.4 is 15.2 Å². The third-order valence-corrected chi connectivity index (χ3v) is 10.2. The number of likely N-dealkylation sites (N-methyl/N-ethyl adjacent to an activating group) is 1. The molecule has 1 atom stereocenters. The quantitative estimate of drug-likeness (QED) is 0.182. The second kappa shape index (κ2) is 9.27. The molecule has 2 aliphatic heterocycles. The number of aryl methyl sites for hydroxylation is 2. The summed E-state index contributed by atoms with van der Waals surface area (Å²) < 4.78 is 6.76. The summed E-state index contributed by atoms with van der Waals surface area (Å²) >= 11 is 8.92. The predicted octanol–water partition coefficient (Wildman–Crippen LogP) is 6.09. The van der Waals surface area contributed by atoms with Gasteiger partial charge in [-0.1, -0.05) is 71.1 Å². The van der Waals surface area contributed by atoms with Crippen molar-refractivity contribution in [3.63, 3.8) is 0 Å². The summed E-state index contributed by atoms with van der Waals surface area (Å²) in [5, 5.41) is 9.82. The highest BCUT2D eigenvalue weighted by atomic mass is 35.5. The summed E-state index contributed by atoms with van der Waals surface area (Å²) in [6.45, 7) is 3.81. The zero-order valence-electron chi connectivity index (χ0n) is 22.1. The highest BCUT2D eigenvalue weighted by Gasteiger charge is 2.66. The maximum Gasteiger partial charge on any atom is 0.297 e. The number of carbonyl (C=O) groups excluding carboxylic acids is 2. The highest BCUT2D eigenvalue weighted by molar-refractivity contribution is 8.00. The number of anilines is 2. The Kier molecular flexibility index (Phi) is 5.86. The lowest BCUT2D eigenvalue weighted by Crippen LogP contribution is -2.53. The van der Waals surface area contributed by atoms with Crippen LogP contribution in [0.25, 0.3) is 11.0 Å². The molecule has 8 nitrogen and oxygen atoms in total. The second-order valence-corrected chi connectivity index (χ2v) is 12.6. The van der Waals surface area contributed by atoms with Crippen molar-refractivity contribution >= 4 is 68.3 Å². The maximum atomic E-state index is 14.3. The van der Waals surface area contributed by atoms with Crippen LogP contribution in [0.15, 0.2) is 74.2 Å². The average Bonchev–Trinajstić information content (AvgIpc) is 3.59.